The fraction of sp³-hybridized carbons (Fsp3) is 0.222. The number of aryl methyl sites for hydroxylation is 2. The van der Waals surface area contributed by atoms with Gasteiger partial charge in [-0.3, -0.25) is 0 Å². The van der Waals surface area contributed by atoms with Gasteiger partial charge in [0, 0.05) is 37.2 Å². The lowest BCUT2D eigenvalue weighted by atomic mass is 10.2. The average molecular weight is 351 g/mol. The van der Waals surface area contributed by atoms with Gasteiger partial charge in [-0.2, -0.15) is 5.10 Å². The molecule has 0 aliphatic heterocycles. The number of anilines is 2. The molecule has 134 valence electrons. The van der Waals surface area contributed by atoms with Crippen LogP contribution in [-0.4, -0.2) is 38.9 Å². The topological polar surface area (TPSA) is 96.8 Å². The van der Waals surface area contributed by atoms with E-state index in [1.807, 2.05) is 56.4 Å². The number of benzene rings is 1. The molecule has 0 radical (unpaired) electrons. The van der Waals surface area contributed by atoms with E-state index >= 15 is 0 Å². The van der Waals surface area contributed by atoms with Crippen LogP contribution in [0.2, 0.25) is 0 Å². The molecule has 2 amide bonds. The SMILES string of the molecule is Cc1cccc(NC(=O)NCCNc2cc(-n3cccn3)nc(C)n2)c1. The molecule has 0 fully saturated rings. The Hall–Kier alpha value is -3.42. The Morgan fingerprint density at radius 1 is 1.12 bits per heavy atom. The first-order valence-electron chi connectivity index (χ1n) is 8.31. The van der Waals surface area contributed by atoms with Gasteiger partial charge in [0.05, 0.1) is 0 Å². The van der Waals surface area contributed by atoms with E-state index in [0.29, 0.717) is 30.5 Å². The van der Waals surface area contributed by atoms with Crippen LogP contribution in [0.25, 0.3) is 5.82 Å². The minimum Gasteiger partial charge on any atom is -0.368 e. The molecule has 2 heterocycles. The highest BCUT2D eigenvalue weighted by Crippen LogP contribution is 2.10. The van der Waals surface area contributed by atoms with Gasteiger partial charge in [0.1, 0.15) is 11.6 Å². The Balaban J connectivity index is 1.48. The van der Waals surface area contributed by atoms with E-state index in [4.69, 9.17) is 0 Å². The maximum atomic E-state index is 11.9. The molecule has 26 heavy (non-hydrogen) atoms. The van der Waals surface area contributed by atoms with Crippen LogP contribution in [-0.2, 0) is 0 Å². The van der Waals surface area contributed by atoms with E-state index < -0.39 is 0 Å². The highest BCUT2D eigenvalue weighted by Gasteiger charge is 2.05. The maximum Gasteiger partial charge on any atom is 0.319 e. The van der Waals surface area contributed by atoms with Crippen LogP contribution in [0.4, 0.5) is 16.3 Å². The molecular formula is C18H21N7O. The van der Waals surface area contributed by atoms with Crippen LogP contribution in [0.3, 0.4) is 0 Å². The molecule has 0 aliphatic rings. The third-order valence-corrected chi connectivity index (χ3v) is 3.56. The van der Waals surface area contributed by atoms with Crippen LogP contribution < -0.4 is 16.0 Å². The van der Waals surface area contributed by atoms with Gasteiger partial charge in [-0.05, 0) is 37.6 Å². The van der Waals surface area contributed by atoms with Crippen molar-refractivity contribution >= 4 is 17.5 Å². The quantitative estimate of drug-likeness (QED) is 0.593. The second-order valence-electron chi connectivity index (χ2n) is 5.79. The molecule has 0 spiro atoms. The lowest BCUT2D eigenvalue weighted by Crippen LogP contribution is -2.32. The summed E-state index contributed by atoms with van der Waals surface area (Å²) in [6.07, 6.45) is 3.52. The van der Waals surface area contributed by atoms with E-state index in [-0.39, 0.29) is 6.03 Å². The van der Waals surface area contributed by atoms with Crippen LogP contribution in [0.15, 0.2) is 48.8 Å². The van der Waals surface area contributed by atoms with Gasteiger partial charge in [-0.1, -0.05) is 12.1 Å². The summed E-state index contributed by atoms with van der Waals surface area (Å²) in [6.45, 7) is 4.80. The van der Waals surface area contributed by atoms with Gasteiger partial charge in [-0.25, -0.2) is 19.4 Å². The van der Waals surface area contributed by atoms with Crippen LogP contribution in [0, 0.1) is 13.8 Å². The molecule has 3 N–H and O–H groups in total. The molecule has 0 bridgehead atoms. The third-order valence-electron chi connectivity index (χ3n) is 3.56. The predicted octanol–water partition coefficient (Wildman–Crippen LogP) is 2.51. The highest BCUT2D eigenvalue weighted by atomic mass is 16.2. The fourth-order valence-corrected chi connectivity index (χ4v) is 2.43. The molecule has 0 aliphatic carbocycles. The first kappa shape index (κ1) is 17.4. The zero-order chi connectivity index (χ0) is 18.4. The fourth-order valence-electron chi connectivity index (χ4n) is 2.43. The molecular weight excluding hydrogens is 330 g/mol. The van der Waals surface area contributed by atoms with Crippen LogP contribution in [0.5, 0.6) is 0 Å². The van der Waals surface area contributed by atoms with Crippen molar-refractivity contribution in [3.05, 3.63) is 60.2 Å². The first-order chi connectivity index (χ1) is 12.6. The monoisotopic (exact) mass is 351 g/mol. The summed E-state index contributed by atoms with van der Waals surface area (Å²) in [6, 6.07) is 11.1. The van der Waals surface area contributed by atoms with E-state index in [9.17, 15) is 4.79 Å². The summed E-state index contributed by atoms with van der Waals surface area (Å²) in [5.74, 6) is 2.02. The van der Waals surface area contributed by atoms with Gasteiger partial charge in [0.15, 0.2) is 5.82 Å². The smallest absolute Gasteiger partial charge is 0.319 e. The highest BCUT2D eigenvalue weighted by molar-refractivity contribution is 5.89. The first-order valence-corrected chi connectivity index (χ1v) is 8.31. The van der Waals surface area contributed by atoms with Crippen LogP contribution >= 0.6 is 0 Å². The van der Waals surface area contributed by atoms with E-state index in [0.717, 1.165) is 11.3 Å². The van der Waals surface area contributed by atoms with E-state index in [2.05, 4.69) is 31.0 Å². The number of carbonyl (C=O) groups is 1. The van der Waals surface area contributed by atoms with Crippen molar-refractivity contribution < 1.29 is 4.79 Å². The summed E-state index contributed by atoms with van der Waals surface area (Å²) in [5, 5.41) is 13.0. The minimum absolute atomic E-state index is 0.242. The number of aromatic nitrogens is 4. The Morgan fingerprint density at radius 3 is 2.77 bits per heavy atom. The van der Waals surface area contributed by atoms with Gasteiger partial charge < -0.3 is 16.0 Å². The number of nitrogens with one attached hydrogen (secondary N) is 3. The van der Waals surface area contributed by atoms with E-state index in [1.165, 1.54) is 0 Å². The molecule has 8 heteroatoms. The van der Waals surface area contributed by atoms with E-state index in [1.54, 1.807) is 10.9 Å². The Morgan fingerprint density at radius 2 is 2.00 bits per heavy atom. The number of hydrogen-bond donors (Lipinski definition) is 3. The lowest BCUT2D eigenvalue weighted by molar-refractivity contribution is 0.252. The molecule has 0 saturated heterocycles. The van der Waals surface area contributed by atoms with Crippen molar-refractivity contribution in [3.8, 4) is 5.82 Å². The second kappa shape index (κ2) is 8.11. The molecule has 0 unspecified atom stereocenters. The average Bonchev–Trinajstić information content (AvgIpc) is 3.13. The minimum atomic E-state index is -0.242. The number of hydrogen-bond acceptors (Lipinski definition) is 5. The number of carbonyl (C=O) groups excluding carboxylic acids is 1. The van der Waals surface area contributed by atoms with Crippen molar-refractivity contribution in [2.24, 2.45) is 0 Å². The van der Waals surface area contributed by atoms with Crippen molar-refractivity contribution in [2.75, 3.05) is 23.7 Å². The Labute approximate surface area is 151 Å². The molecule has 3 aromatic rings. The summed E-state index contributed by atoms with van der Waals surface area (Å²) in [7, 11) is 0. The summed E-state index contributed by atoms with van der Waals surface area (Å²) in [4.78, 5) is 20.6. The second-order valence-corrected chi connectivity index (χ2v) is 5.79. The molecule has 8 nitrogen and oxygen atoms in total. The standard InChI is InChI=1S/C18H21N7O/c1-13-5-3-6-15(11-13)24-18(26)20-9-8-19-16-12-17(23-14(2)22-16)25-10-4-7-21-25/h3-7,10-12H,8-9H2,1-2H3,(H,19,22,23)(H2,20,24,26). The van der Waals surface area contributed by atoms with Crippen molar-refractivity contribution in [1.82, 2.24) is 25.1 Å². The largest absolute Gasteiger partial charge is 0.368 e. The zero-order valence-corrected chi connectivity index (χ0v) is 14.7. The summed E-state index contributed by atoms with van der Waals surface area (Å²) < 4.78 is 1.67. The number of nitrogens with zero attached hydrogens (tertiary/aromatic N) is 4. The number of urea groups is 1. The van der Waals surface area contributed by atoms with Crippen molar-refractivity contribution in [1.29, 1.82) is 0 Å². The Bertz CT molecular complexity index is 877. The molecule has 0 saturated carbocycles. The van der Waals surface area contributed by atoms with Gasteiger partial charge in [0.25, 0.3) is 0 Å². The van der Waals surface area contributed by atoms with Gasteiger partial charge in [-0.15, -0.1) is 0 Å². The predicted molar refractivity (Wildman–Crippen MR) is 101 cm³/mol. The summed E-state index contributed by atoms with van der Waals surface area (Å²) in [5.41, 5.74) is 1.86. The number of amides is 2. The van der Waals surface area contributed by atoms with Gasteiger partial charge in [0.2, 0.25) is 0 Å². The molecule has 3 rings (SSSR count). The van der Waals surface area contributed by atoms with Crippen LogP contribution in [0.1, 0.15) is 11.4 Å². The molecule has 2 aromatic heterocycles. The Kier molecular flexibility index (Phi) is 5.43. The molecule has 1 aromatic carbocycles. The van der Waals surface area contributed by atoms with Crippen molar-refractivity contribution in [2.45, 2.75) is 13.8 Å². The lowest BCUT2D eigenvalue weighted by Gasteiger charge is -2.10. The normalized spacial score (nSPS) is 10.4. The maximum absolute atomic E-state index is 11.9. The zero-order valence-electron chi connectivity index (χ0n) is 14.7. The van der Waals surface area contributed by atoms with Crippen molar-refractivity contribution in [3.63, 3.8) is 0 Å². The third kappa shape index (κ3) is 4.79. The van der Waals surface area contributed by atoms with Gasteiger partial charge >= 0.3 is 6.03 Å². The number of rotatable bonds is 6. The molecule has 0 atom stereocenters. The summed E-state index contributed by atoms with van der Waals surface area (Å²) >= 11 is 0.